The molecule has 0 atom stereocenters. The van der Waals surface area contributed by atoms with E-state index in [4.69, 9.17) is 4.42 Å². The Balaban J connectivity index is 1.74. The van der Waals surface area contributed by atoms with Crippen molar-refractivity contribution in [3.05, 3.63) is 103 Å². The van der Waals surface area contributed by atoms with Crippen LogP contribution in [-0.4, -0.2) is 34.8 Å². The lowest BCUT2D eigenvalue weighted by atomic mass is 10.1. The van der Waals surface area contributed by atoms with E-state index in [0.717, 1.165) is 23.2 Å². The van der Waals surface area contributed by atoms with Gasteiger partial charge in [0.05, 0.1) is 12.8 Å². The number of nitrogens with one attached hydrogen (secondary N) is 1. The number of para-hydroxylation sites is 1. The normalized spacial score (nSPS) is 10.4. The van der Waals surface area contributed by atoms with Crippen molar-refractivity contribution in [2.75, 3.05) is 18.4 Å². The molecule has 1 aromatic heterocycles. The highest BCUT2D eigenvalue weighted by Crippen LogP contribution is 2.17. The van der Waals surface area contributed by atoms with Crippen molar-refractivity contribution in [1.29, 1.82) is 0 Å². The van der Waals surface area contributed by atoms with Crippen molar-refractivity contribution in [2.24, 2.45) is 0 Å². The lowest BCUT2D eigenvalue weighted by Gasteiger charge is -2.27. The Morgan fingerprint density at radius 3 is 2.41 bits per heavy atom. The third-order valence-corrected chi connectivity index (χ3v) is 5.10. The molecular weight excluding hydrogens is 402 g/mol. The van der Waals surface area contributed by atoms with Crippen LogP contribution < -0.4 is 5.32 Å². The summed E-state index contributed by atoms with van der Waals surface area (Å²) in [5.41, 5.74) is 2.79. The minimum Gasteiger partial charge on any atom is -0.467 e. The number of nitrogens with zero attached hydrogens (tertiary/aromatic N) is 2. The van der Waals surface area contributed by atoms with Crippen molar-refractivity contribution in [1.82, 2.24) is 9.80 Å². The van der Waals surface area contributed by atoms with Crippen LogP contribution in [0.25, 0.3) is 0 Å². The van der Waals surface area contributed by atoms with Gasteiger partial charge in [-0.25, -0.2) is 4.79 Å². The van der Waals surface area contributed by atoms with Crippen LogP contribution in [0, 0.1) is 0 Å². The summed E-state index contributed by atoms with van der Waals surface area (Å²) in [4.78, 5) is 29.4. The topological polar surface area (TPSA) is 65.8 Å². The van der Waals surface area contributed by atoms with E-state index in [1.807, 2.05) is 67.6 Å². The molecule has 3 aromatic rings. The van der Waals surface area contributed by atoms with Gasteiger partial charge >= 0.3 is 6.03 Å². The average Bonchev–Trinajstić information content (AvgIpc) is 3.32. The molecule has 0 unspecified atom stereocenters. The number of urea groups is 1. The van der Waals surface area contributed by atoms with Crippen LogP contribution in [-0.2, 0) is 24.3 Å². The predicted octanol–water partition coefficient (Wildman–Crippen LogP) is 5.09. The minimum atomic E-state index is -0.336. The van der Waals surface area contributed by atoms with Crippen molar-refractivity contribution in [3.63, 3.8) is 0 Å². The first-order chi connectivity index (χ1) is 15.6. The lowest BCUT2D eigenvalue weighted by molar-refractivity contribution is -0.133. The molecule has 0 fully saturated rings. The standard InChI is InChI=1S/C26H29N3O3/c1-3-16-28(26(31)27-24-15-9-8-13-22(24)4-2)20-25(30)29(19-23-14-10-17-32-23)18-21-11-6-5-7-12-21/h3,5-15,17H,1,4,16,18-20H2,2H3,(H,27,31). The quantitative estimate of drug-likeness (QED) is 0.455. The lowest BCUT2D eigenvalue weighted by Crippen LogP contribution is -2.44. The number of benzene rings is 2. The SMILES string of the molecule is C=CCN(CC(=O)N(Cc1ccccc1)Cc1ccco1)C(=O)Nc1ccccc1CC. The molecule has 0 aliphatic rings. The Bertz CT molecular complexity index is 1020. The molecule has 0 saturated carbocycles. The summed E-state index contributed by atoms with van der Waals surface area (Å²) in [7, 11) is 0. The second-order valence-electron chi connectivity index (χ2n) is 7.42. The van der Waals surface area contributed by atoms with E-state index in [0.29, 0.717) is 18.8 Å². The van der Waals surface area contributed by atoms with Crippen LogP contribution in [0.15, 0.2) is 90.1 Å². The second-order valence-corrected chi connectivity index (χ2v) is 7.42. The molecule has 3 amide bonds. The summed E-state index contributed by atoms with van der Waals surface area (Å²) in [6, 6.07) is 20.7. The Kier molecular flexibility index (Phi) is 8.26. The van der Waals surface area contributed by atoms with Crippen LogP contribution in [0.4, 0.5) is 10.5 Å². The van der Waals surface area contributed by atoms with E-state index in [1.54, 1.807) is 23.3 Å². The zero-order valence-electron chi connectivity index (χ0n) is 18.4. The molecule has 0 radical (unpaired) electrons. The van der Waals surface area contributed by atoms with Crippen LogP contribution in [0.1, 0.15) is 23.8 Å². The number of carbonyl (C=O) groups excluding carboxylic acids is 2. The number of hydrogen-bond acceptors (Lipinski definition) is 3. The maximum Gasteiger partial charge on any atom is 0.322 e. The maximum absolute atomic E-state index is 13.3. The molecule has 0 spiro atoms. The molecule has 166 valence electrons. The van der Waals surface area contributed by atoms with Gasteiger partial charge in [-0.15, -0.1) is 6.58 Å². The van der Waals surface area contributed by atoms with Crippen molar-refractivity contribution in [3.8, 4) is 0 Å². The molecule has 1 heterocycles. The molecule has 0 aliphatic carbocycles. The smallest absolute Gasteiger partial charge is 0.322 e. The number of hydrogen-bond donors (Lipinski definition) is 1. The molecule has 0 aliphatic heterocycles. The molecule has 6 heteroatoms. The monoisotopic (exact) mass is 431 g/mol. The molecule has 0 bridgehead atoms. The van der Waals surface area contributed by atoms with E-state index in [1.165, 1.54) is 4.90 Å². The van der Waals surface area contributed by atoms with Gasteiger partial charge in [0.15, 0.2) is 0 Å². The summed E-state index contributed by atoms with van der Waals surface area (Å²) in [6.07, 6.45) is 4.00. The molecule has 0 saturated heterocycles. The van der Waals surface area contributed by atoms with E-state index in [9.17, 15) is 9.59 Å². The summed E-state index contributed by atoms with van der Waals surface area (Å²) in [5.74, 6) is 0.511. The van der Waals surface area contributed by atoms with Crippen LogP contribution in [0.5, 0.6) is 0 Å². The van der Waals surface area contributed by atoms with E-state index in [-0.39, 0.29) is 25.0 Å². The number of amides is 3. The van der Waals surface area contributed by atoms with Crippen molar-refractivity contribution >= 4 is 17.6 Å². The molecule has 3 rings (SSSR count). The van der Waals surface area contributed by atoms with Crippen molar-refractivity contribution < 1.29 is 14.0 Å². The van der Waals surface area contributed by atoms with Crippen LogP contribution in [0.2, 0.25) is 0 Å². The fourth-order valence-electron chi connectivity index (χ4n) is 3.41. The fraction of sp³-hybridized carbons (Fsp3) is 0.231. The van der Waals surface area contributed by atoms with Gasteiger partial charge in [-0.05, 0) is 35.7 Å². The number of aryl methyl sites for hydroxylation is 1. The predicted molar refractivity (Wildman–Crippen MR) is 126 cm³/mol. The maximum atomic E-state index is 13.3. The summed E-state index contributed by atoms with van der Waals surface area (Å²) >= 11 is 0. The highest BCUT2D eigenvalue weighted by Gasteiger charge is 2.22. The van der Waals surface area contributed by atoms with Gasteiger partial charge in [-0.2, -0.15) is 0 Å². The van der Waals surface area contributed by atoms with E-state index < -0.39 is 0 Å². The number of rotatable bonds is 10. The second kappa shape index (κ2) is 11.6. The fourth-order valence-corrected chi connectivity index (χ4v) is 3.41. The van der Waals surface area contributed by atoms with Gasteiger partial charge in [0, 0.05) is 18.8 Å². The number of carbonyl (C=O) groups is 2. The molecule has 2 aromatic carbocycles. The summed E-state index contributed by atoms with van der Waals surface area (Å²) in [5, 5.41) is 2.94. The van der Waals surface area contributed by atoms with E-state index >= 15 is 0 Å². The average molecular weight is 432 g/mol. The first kappa shape index (κ1) is 22.9. The Morgan fingerprint density at radius 1 is 0.969 bits per heavy atom. The van der Waals surface area contributed by atoms with Gasteiger partial charge in [-0.3, -0.25) is 4.79 Å². The first-order valence-corrected chi connectivity index (χ1v) is 10.7. The van der Waals surface area contributed by atoms with Gasteiger partial charge in [-0.1, -0.05) is 61.5 Å². The molecular formula is C26H29N3O3. The van der Waals surface area contributed by atoms with Crippen LogP contribution in [0.3, 0.4) is 0 Å². The highest BCUT2D eigenvalue weighted by atomic mass is 16.3. The largest absolute Gasteiger partial charge is 0.467 e. The Labute approximate surface area is 189 Å². The third kappa shape index (κ3) is 6.35. The molecule has 1 N–H and O–H groups in total. The summed E-state index contributed by atoms with van der Waals surface area (Å²) in [6.45, 7) is 6.70. The zero-order valence-corrected chi connectivity index (χ0v) is 18.4. The first-order valence-electron chi connectivity index (χ1n) is 10.7. The summed E-state index contributed by atoms with van der Waals surface area (Å²) < 4.78 is 5.45. The highest BCUT2D eigenvalue weighted by molar-refractivity contribution is 5.93. The van der Waals surface area contributed by atoms with Gasteiger partial charge in [0.1, 0.15) is 12.3 Å². The Hall–Kier alpha value is -3.80. The van der Waals surface area contributed by atoms with Gasteiger partial charge in [0.25, 0.3) is 0 Å². The molecule has 6 nitrogen and oxygen atoms in total. The van der Waals surface area contributed by atoms with E-state index in [2.05, 4.69) is 11.9 Å². The minimum absolute atomic E-state index is 0.0698. The zero-order chi connectivity index (χ0) is 22.8. The third-order valence-electron chi connectivity index (χ3n) is 5.10. The Morgan fingerprint density at radius 2 is 1.72 bits per heavy atom. The van der Waals surface area contributed by atoms with Crippen molar-refractivity contribution in [2.45, 2.75) is 26.4 Å². The molecule has 32 heavy (non-hydrogen) atoms. The van der Waals surface area contributed by atoms with Crippen LogP contribution >= 0.6 is 0 Å². The number of furan rings is 1. The van der Waals surface area contributed by atoms with Gasteiger partial charge < -0.3 is 19.5 Å². The number of anilines is 1. The van der Waals surface area contributed by atoms with Gasteiger partial charge in [0.2, 0.25) is 5.91 Å².